The fraction of sp³-hybridized carbons (Fsp3) is 0.409. The lowest BCUT2D eigenvalue weighted by Crippen LogP contribution is -2.25. The van der Waals surface area contributed by atoms with E-state index in [1.807, 2.05) is 35.8 Å². The third-order valence-corrected chi connectivity index (χ3v) is 5.80. The Morgan fingerprint density at radius 1 is 1.33 bits per heavy atom. The molecule has 0 radical (unpaired) electrons. The van der Waals surface area contributed by atoms with Crippen LogP contribution in [0.3, 0.4) is 0 Å². The van der Waals surface area contributed by atoms with Crippen molar-refractivity contribution in [1.82, 2.24) is 14.8 Å². The number of aryl methyl sites for hydroxylation is 2. The summed E-state index contributed by atoms with van der Waals surface area (Å²) in [5.41, 5.74) is 5.70. The van der Waals surface area contributed by atoms with E-state index in [0.717, 1.165) is 41.2 Å². The number of anilines is 2. The number of rotatable bonds is 6. The molecule has 0 saturated carbocycles. The second-order valence-electron chi connectivity index (χ2n) is 8.06. The highest BCUT2D eigenvalue weighted by Crippen LogP contribution is 2.38. The highest BCUT2D eigenvalue weighted by Gasteiger charge is 2.30. The molecule has 0 spiro atoms. The number of halogens is 1. The van der Waals surface area contributed by atoms with Gasteiger partial charge in [0.2, 0.25) is 0 Å². The Labute approximate surface area is 176 Å². The molecular weight excluding hydrogens is 381 g/mol. The zero-order valence-electron chi connectivity index (χ0n) is 17.8. The van der Waals surface area contributed by atoms with Crippen molar-refractivity contribution >= 4 is 11.4 Å². The van der Waals surface area contributed by atoms with Crippen molar-refractivity contribution in [2.45, 2.75) is 26.4 Å². The summed E-state index contributed by atoms with van der Waals surface area (Å²) in [6.45, 7) is 12.8. The van der Waals surface area contributed by atoms with Crippen molar-refractivity contribution in [3.63, 3.8) is 0 Å². The topological polar surface area (TPSA) is 52.3 Å². The molecule has 0 amide bonds. The molecule has 0 N–H and O–H groups in total. The summed E-state index contributed by atoms with van der Waals surface area (Å²) in [6, 6.07) is 3.59. The number of hydrogen-bond acceptors (Lipinski definition) is 5. The van der Waals surface area contributed by atoms with Gasteiger partial charge in [0.05, 0.1) is 25.0 Å². The van der Waals surface area contributed by atoms with Gasteiger partial charge in [-0.1, -0.05) is 18.4 Å². The monoisotopic (exact) mass is 409 g/mol. The van der Waals surface area contributed by atoms with E-state index in [4.69, 9.17) is 0 Å². The van der Waals surface area contributed by atoms with Crippen LogP contribution in [0.2, 0.25) is 0 Å². The first-order chi connectivity index (χ1) is 14.4. The molecule has 1 fully saturated rings. The van der Waals surface area contributed by atoms with Crippen LogP contribution in [-0.2, 0) is 20.1 Å². The van der Waals surface area contributed by atoms with E-state index in [9.17, 15) is 0 Å². The molecule has 2 aliphatic heterocycles. The van der Waals surface area contributed by atoms with Gasteiger partial charge in [-0.15, -0.1) is 0 Å². The van der Waals surface area contributed by atoms with Gasteiger partial charge in [0.15, 0.2) is 0 Å². The Bertz CT molecular complexity index is 986. The maximum Gasteiger partial charge on any atom is 0.148 e. The van der Waals surface area contributed by atoms with Gasteiger partial charge in [-0.05, 0) is 31.0 Å². The van der Waals surface area contributed by atoms with E-state index in [2.05, 4.69) is 33.5 Å². The van der Waals surface area contributed by atoms with Crippen LogP contribution in [0.4, 0.5) is 15.8 Å². The normalized spacial score (nSPS) is 18.5. The molecule has 1 unspecified atom stereocenters. The highest BCUT2D eigenvalue weighted by atomic mass is 19.1. The molecule has 7 nitrogen and oxygen atoms in total. The zero-order valence-corrected chi connectivity index (χ0v) is 17.8. The fourth-order valence-corrected chi connectivity index (χ4v) is 4.46. The smallest absolute Gasteiger partial charge is 0.148 e. The molecular formula is C22H28FN7. The van der Waals surface area contributed by atoms with E-state index in [1.165, 1.54) is 0 Å². The van der Waals surface area contributed by atoms with Gasteiger partial charge in [0.25, 0.3) is 0 Å². The molecule has 3 heterocycles. The van der Waals surface area contributed by atoms with E-state index in [-0.39, 0.29) is 5.82 Å². The third-order valence-electron chi connectivity index (χ3n) is 5.80. The quantitative estimate of drug-likeness (QED) is 0.531. The van der Waals surface area contributed by atoms with E-state index < -0.39 is 0 Å². The second-order valence-corrected chi connectivity index (χ2v) is 8.06. The molecule has 1 aromatic heterocycles. The van der Waals surface area contributed by atoms with Gasteiger partial charge in [-0.25, -0.2) is 4.39 Å². The van der Waals surface area contributed by atoms with Gasteiger partial charge in [0.1, 0.15) is 5.82 Å². The number of allylic oxidation sites excluding steroid dienone is 1. The first-order valence-corrected chi connectivity index (χ1v) is 10.1. The number of hydrogen-bond donors (Lipinski definition) is 0. The van der Waals surface area contributed by atoms with Crippen molar-refractivity contribution < 1.29 is 4.39 Å². The summed E-state index contributed by atoms with van der Waals surface area (Å²) in [7, 11) is 3.55. The van der Waals surface area contributed by atoms with E-state index in [0.29, 0.717) is 31.2 Å². The highest BCUT2D eigenvalue weighted by molar-refractivity contribution is 5.66. The van der Waals surface area contributed by atoms with Crippen molar-refractivity contribution in [1.29, 1.82) is 0 Å². The molecule has 1 atom stereocenters. The number of aromatic nitrogens is 2. The molecule has 158 valence electrons. The summed E-state index contributed by atoms with van der Waals surface area (Å²) in [5, 5.41) is 14.1. The standard InChI is InChI=1S/C22H28FN7/c1-6-29(26-24-4)10-17-8-16(3)30(11-17)21-9-19(23)22(7-15(21)2)28-13-18-12-27(5)25-20(18)14-28/h6-7,9,12,17H,1,3,8,10-11,13-14H2,2,4-5H3. The van der Waals surface area contributed by atoms with E-state index >= 15 is 4.39 Å². The van der Waals surface area contributed by atoms with Crippen molar-refractivity contribution in [2.75, 3.05) is 29.9 Å². The summed E-state index contributed by atoms with van der Waals surface area (Å²) in [4.78, 5) is 4.17. The molecule has 1 saturated heterocycles. The van der Waals surface area contributed by atoms with Gasteiger partial charge >= 0.3 is 0 Å². The van der Waals surface area contributed by atoms with Crippen LogP contribution in [0.5, 0.6) is 0 Å². The predicted octanol–water partition coefficient (Wildman–Crippen LogP) is 4.17. The van der Waals surface area contributed by atoms with Crippen LogP contribution in [0, 0.1) is 18.7 Å². The summed E-state index contributed by atoms with van der Waals surface area (Å²) < 4.78 is 17.0. The lowest BCUT2D eigenvalue weighted by molar-refractivity contribution is 0.317. The molecule has 2 aromatic rings. The number of fused-ring (bicyclic) bond motifs is 1. The van der Waals surface area contributed by atoms with Crippen molar-refractivity contribution in [3.05, 3.63) is 66.0 Å². The zero-order chi connectivity index (χ0) is 21.4. The molecule has 1 aromatic carbocycles. The van der Waals surface area contributed by atoms with Gasteiger partial charge in [0, 0.05) is 61.9 Å². The number of nitrogens with zero attached hydrogens (tertiary/aromatic N) is 7. The average Bonchev–Trinajstić information content (AvgIpc) is 3.35. The minimum absolute atomic E-state index is 0.214. The van der Waals surface area contributed by atoms with Gasteiger partial charge < -0.3 is 9.80 Å². The maximum atomic E-state index is 15.2. The molecule has 0 aliphatic carbocycles. The largest absolute Gasteiger partial charge is 0.359 e. The average molecular weight is 410 g/mol. The Morgan fingerprint density at radius 2 is 2.13 bits per heavy atom. The molecule has 8 heteroatoms. The van der Waals surface area contributed by atoms with Gasteiger partial charge in [-0.3, -0.25) is 9.69 Å². The van der Waals surface area contributed by atoms with Crippen LogP contribution < -0.4 is 9.80 Å². The maximum absolute atomic E-state index is 15.2. The lowest BCUT2D eigenvalue weighted by Gasteiger charge is -2.26. The van der Waals surface area contributed by atoms with Crippen LogP contribution in [0.1, 0.15) is 23.2 Å². The molecule has 2 aliphatic rings. The first-order valence-electron chi connectivity index (χ1n) is 10.1. The van der Waals surface area contributed by atoms with Crippen LogP contribution in [0.25, 0.3) is 0 Å². The molecule has 0 bridgehead atoms. The van der Waals surface area contributed by atoms with Crippen LogP contribution in [0.15, 0.2) is 53.7 Å². The summed E-state index contributed by atoms with van der Waals surface area (Å²) >= 11 is 0. The Kier molecular flexibility index (Phi) is 5.32. The van der Waals surface area contributed by atoms with E-state index in [1.54, 1.807) is 24.3 Å². The minimum atomic E-state index is -0.214. The van der Waals surface area contributed by atoms with Crippen molar-refractivity contribution in [3.8, 4) is 0 Å². The third kappa shape index (κ3) is 3.69. The van der Waals surface area contributed by atoms with Crippen molar-refractivity contribution in [2.24, 2.45) is 23.3 Å². The van der Waals surface area contributed by atoms with Gasteiger partial charge in [-0.2, -0.15) is 10.2 Å². The molecule has 30 heavy (non-hydrogen) atoms. The Hall–Kier alpha value is -3.16. The first kappa shape index (κ1) is 20.1. The Morgan fingerprint density at radius 3 is 2.83 bits per heavy atom. The molecule has 4 rings (SSSR count). The summed E-state index contributed by atoms with van der Waals surface area (Å²) in [5.74, 6) is 0.108. The minimum Gasteiger partial charge on any atom is -0.359 e. The van der Waals surface area contributed by atoms with Crippen LogP contribution >= 0.6 is 0 Å². The number of benzene rings is 1. The van der Waals surface area contributed by atoms with Crippen LogP contribution in [-0.4, -0.2) is 34.9 Å². The lowest BCUT2D eigenvalue weighted by atomic mass is 10.1. The predicted molar refractivity (Wildman–Crippen MR) is 117 cm³/mol. The second kappa shape index (κ2) is 7.93. The SMILES string of the molecule is C=CN(CC1CC(=C)N(c2cc(F)c(N3Cc4cn(C)nc4C3)cc2C)C1)N=NC. The fourth-order valence-electron chi connectivity index (χ4n) is 4.46. The summed E-state index contributed by atoms with van der Waals surface area (Å²) in [6.07, 6.45) is 4.51. The Balaban J connectivity index is 1.51.